The second-order valence-corrected chi connectivity index (χ2v) is 12.6. The molecule has 0 bridgehead atoms. The minimum absolute atomic E-state index is 0.0267. The molecule has 0 amide bonds. The summed E-state index contributed by atoms with van der Waals surface area (Å²) in [6.45, 7) is 9.11. The number of aromatic nitrogens is 3. The molecule has 5 nitrogen and oxygen atoms in total. The Morgan fingerprint density at radius 3 is 2.67 bits per heavy atom. The second kappa shape index (κ2) is 10.5. The van der Waals surface area contributed by atoms with Crippen molar-refractivity contribution in [2.75, 3.05) is 5.75 Å². The van der Waals surface area contributed by atoms with Crippen molar-refractivity contribution >= 4 is 34.5 Å². The van der Waals surface area contributed by atoms with Crippen molar-refractivity contribution in [2.24, 2.45) is 34.5 Å². The quantitative estimate of drug-likeness (QED) is 0.365. The molecular formula is C30H39N3O2S. The zero-order chi connectivity index (χ0) is 26.1. The Morgan fingerprint density at radius 1 is 1.17 bits per heavy atom. The van der Waals surface area contributed by atoms with Gasteiger partial charge in [0, 0.05) is 25.0 Å². The SMILES string of the molecule is C#C.CC1CCC2C3CCC4=CC(=O)CCC4(C)C3C(=O)CC12C.CCSc1nc2ncccc2[nH]1. The number of terminal acetylenes is 1. The molecule has 0 spiro atoms. The Hall–Kier alpha value is -2.39. The first-order valence-electron chi connectivity index (χ1n) is 13.3. The van der Waals surface area contributed by atoms with Gasteiger partial charge in [-0.2, -0.15) is 0 Å². The van der Waals surface area contributed by atoms with Gasteiger partial charge in [0.1, 0.15) is 5.78 Å². The van der Waals surface area contributed by atoms with Crippen LogP contribution in [0, 0.1) is 47.3 Å². The van der Waals surface area contributed by atoms with Crippen LogP contribution in [0.25, 0.3) is 11.2 Å². The lowest BCUT2D eigenvalue weighted by molar-refractivity contribution is -0.145. The average Bonchev–Trinajstić information content (AvgIpc) is 3.41. The molecule has 0 aliphatic heterocycles. The van der Waals surface area contributed by atoms with Gasteiger partial charge in [0.05, 0.1) is 5.52 Å². The van der Waals surface area contributed by atoms with Crippen LogP contribution in [0.15, 0.2) is 35.1 Å². The molecule has 0 saturated heterocycles. The first-order chi connectivity index (χ1) is 17.3. The van der Waals surface area contributed by atoms with E-state index < -0.39 is 0 Å². The van der Waals surface area contributed by atoms with E-state index in [9.17, 15) is 9.59 Å². The fourth-order valence-electron chi connectivity index (χ4n) is 7.65. The summed E-state index contributed by atoms with van der Waals surface area (Å²) in [6.07, 6.45) is 18.7. The summed E-state index contributed by atoms with van der Waals surface area (Å²) >= 11 is 1.69. The van der Waals surface area contributed by atoms with E-state index in [2.05, 4.69) is 55.5 Å². The minimum Gasteiger partial charge on any atom is -0.332 e. The van der Waals surface area contributed by atoms with Crippen molar-refractivity contribution in [2.45, 2.75) is 77.8 Å². The zero-order valence-corrected chi connectivity index (χ0v) is 22.9. The smallest absolute Gasteiger partial charge is 0.178 e. The summed E-state index contributed by atoms with van der Waals surface area (Å²) in [5.41, 5.74) is 3.30. The molecule has 6 atom stereocenters. The van der Waals surface area contributed by atoms with Gasteiger partial charge in [0.15, 0.2) is 16.6 Å². The monoisotopic (exact) mass is 505 g/mol. The van der Waals surface area contributed by atoms with Gasteiger partial charge >= 0.3 is 0 Å². The van der Waals surface area contributed by atoms with Crippen LogP contribution in [0.1, 0.15) is 72.6 Å². The average molecular weight is 506 g/mol. The van der Waals surface area contributed by atoms with Crippen molar-refractivity contribution in [1.29, 1.82) is 0 Å². The third-order valence-corrected chi connectivity index (χ3v) is 10.4. The number of allylic oxidation sites excluding steroid dienone is 1. The third-order valence-electron chi connectivity index (χ3n) is 9.64. The molecule has 36 heavy (non-hydrogen) atoms. The number of H-pyrrole nitrogens is 1. The number of Topliss-reactive ketones (excluding diaryl/α,β-unsaturated/α-hetero) is 1. The maximum Gasteiger partial charge on any atom is 0.178 e. The number of hydrogen-bond donors (Lipinski definition) is 1. The molecule has 0 radical (unpaired) electrons. The van der Waals surface area contributed by atoms with E-state index in [1.807, 2.05) is 18.2 Å². The van der Waals surface area contributed by atoms with Crippen molar-refractivity contribution < 1.29 is 9.59 Å². The van der Waals surface area contributed by atoms with E-state index in [1.54, 1.807) is 18.0 Å². The molecule has 4 aliphatic carbocycles. The normalized spacial score (nSPS) is 34.8. The Bertz CT molecular complexity index is 1150. The van der Waals surface area contributed by atoms with Gasteiger partial charge in [-0.05, 0) is 84.6 Å². The summed E-state index contributed by atoms with van der Waals surface area (Å²) < 4.78 is 0. The van der Waals surface area contributed by atoms with E-state index in [0.717, 1.165) is 53.7 Å². The molecule has 2 heterocycles. The Kier molecular flexibility index (Phi) is 7.80. The Morgan fingerprint density at radius 2 is 1.94 bits per heavy atom. The number of nitrogens with one attached hydrogen (secondary N) is 1. The van der Waals surface area contributed by atoms with Crippen LogP contribution in [0.2, 0.25) is 0 Å². The number of imidazole rings is 1. The molecule has 192 valence electrons. The number of ketones is 2. The summed E-state index contributed by atoms with van der Waals surface area (Å²) in [7, 11) is 0. The first kappa shape index (κ1) is 26.7. The fourth-order valence-corrected chi connectivity index (χ4v) is 8.26. The minimum atomic E-state index is -0.0267. The summed E-state index contributed by atoms with van der Waals surface area (Å²) in [6, 6.07) is 3.88. The van der Waals surface area contributed by atoms with E-state index in [0.29, 0.717) is 24.0 Å². The number of nitrogens with zero attached hydrogens (tertiary/aromatic N) is 2. The predicted octanol–water partition coefficient (Wildman–Crippen LogP) is 6.65. The van der Waals surface area contributed by atoms with E-state index >= 15 is 0 Å². The number of carbonyl (C=O) groups excluding carboxylic acids is 2. The van der Waals surface area contributed by atoms with Gasteiger partial charge < -0.3 is 4.98 Å². The molecule has 3 fully saturated rings. The van der Waals surface area contributed by atoms with Crippen LogP contribution in [-0.2, 0) is 9.59 Å². The maximum absolute atomic E-state index is 13.2. The van der Waals surface area contributed by atoms with Crippen LogP contribution in [0.4, 0.5) is 0 Å². The van der Waals surface area contributed by atoms with Crippen molar-refractivity contribution in [3.05, 3.63) is 30.0 Å². The Labute approximate surface area is 219 Å². The largest absolute Gasteiger partial charge is 0.332 e. The van der Waals surface area contributed by atoms with Gasteiger partial charge in [-0.15, -0.1) is 12.8 Å². The number of fused-ring (bicyclic) bond motifs is 6. The molecule has 2 aromatic rings. The zero-order valence-electron chi connectivity index (χ0n) is 22.0. The van der Waals surface area contributed by atoms with Gasteiger partial charge in [0.25, 0.3) is 0 Å². The number of aromatic amines is 1. The summed E-state index contributed by atoms with van der Waals surface area (Å²) in [5.74, 6) is 3.95. The number of thioether (sulfide) groups is 1. The highest BCUT2D eigenvalue weighted by Gasteiger charge is 2.61. The van der Waals surface area contributed by atoms with E-state index in [-0.39, 0.29) is 22.5 Å². The lowest BCUT2D eigenvalue weighted by atomic mass is 9.46. The molecule has 4 aliphatic rings. The molecule has 6 rings (SSSR count). The van der Waals surface area contributed by atoms with Crippen LogP contribution in [0.5, 0.6) is 0 Å². The van der Waals surface area contributed by atoms with Crippen LogP contribution >= 0.6 is 11.8 Å². The van der Waals surface area contributed by atoms with Crippen LogP contribution < -0.4 is 0 Å². The molecule has 6 unspecified atom stereocenters. The van der Waals surface area contributed by atoms with Gasteiger partial charge in [-0.1, -0.05) is 45.0 Å². The molecule has 3 saturated carbocycles. The summed E-state index contributed by atoms with van der Waals surface area (Å²) in [5, 5.41) is 0.950. The van der Waals surface area contributed by atoms with Crippen molar-refractivity contribution in [3.63, 3.8) is 0 Å². The Balaban J connectivity index is 0.000000184. The summed E-state index contributed by atoms with van der Waals surface area (Å²) in [4.78, 5) is 36.6. The molecule has 0 aromatic carbocycles. The maximum atomic E-state index is 13.2. The molecular weight excluding hydrogens is 466 g/mol. The highest BCUT2D eigenvalue weighted by atomic mass is 32.2. The second-order valence-electron chi connectivity index (χ2n) is 11.3. The van der Waals surface area contributed by atoms with Gasteiger partial charge in [0.2, 0.25) is 0 Å². The van der Waals surface area contributed by atoms with E-state index in [4.69, 9.17) is 0 Å². The van der Waals surface area contributed by atoms with Crippen LogP contribution in [0.3, 0.4) is 0 Å². The number of rotatable bonds is 2. The van der Waals surface area contributed by atoms with Crippen molar-refractivity contribution in [3.8, 4) is 12.8 Å². The molecule has 1 N–H and O–H groups in total. The molecule has 6 heteroatoms. The fraction of sp³-hybridized carbons (Fsp3) is 0.600. The first-order valence-corrected chi connectivity index (χ1v) is 14.3. The lowest BCUT2D eigenvalue weighted by Crippen LogP contribution is -2.54. The number of pyridine rings is 1. The predicted molar refractivity (Wildman–Crippen MR) is 146 cm³/mol. The van der Waals surface area contributed by atoms with Gasteiger partial charge in [-0.3, -0.25) is 9.59 Å². The van der Waals surface area contributed by atoms with Gasteiger partial charge in [-0.25, -0.2) is 9.97 Å². The van der Waals surface area contributed by atoms with Crippen molar-refractivity contribution in [1.82, 2.24) is 15.0 Å². The lowest BCUT2D eigenvalue weighted by Gasteiger charge is -2.56. The van der Waals surface area contributed by atoms with Crippen LogP contribution in [-0.4, -0.2) is 32.3 Å². The number of carbonyl (C=O) groups is 2. The highest BCUT2D eigenvalue weighted by molar-refractivity contribution is 7.99. The standard InChI is InChI=1S/C20H28O2.C8H9N3S.C2H2/c1-12-4-7-16-15-6-5-13-10-14(21)8-9-19(13,2)18(15)17(22)11-20(12,16)3;1-2-12-8-10-6-4-3-5-9-7(6)11-8;1-2/h10,12,15-16,18H,4-9,11H2,1-3H3;3-5H,2H2,1H3,(H,9,10,11);1-2H. The highest BCUT2D eigenvalue weighted by Crippen LogP contribution is 2.65. The number of hydrogen-bond acceptors (Lipinski definition) is 5. The third kappa shape index (κ3) is 4.56. The van der Waals surface area contributed by atoms with E-state index in [1.165, 1.54) is 18.4 Å². The topological polar surface area (TPSA) is 75.7 Å². The molecule has 2 aromatic heterocycles.